The first-order valence-electron chi connectivity index (χ1n) is 13.0. The van der Waals surface area contributed by atoms with Crippen molar-refractivity contribution in [3.63, 3.8) is 0 Å². The van der Waals surface area contributed by atoms with Gasteiger partial charge in [-0.3, -0.25) is 3.97 Å². The van der Waals surface area contributed by atoms with Crippen LogP contribution in [0.3, 0.4) is 0 Å². The predicted molar refractivity (Wildman–Crippen MR) is 179 cm³/mol. The third kappa shape index (κ3) is 5.45. The minimum absolute atomic E-state index is 0.378. The highest BCUT2D eigenvalue weighted by Gasteiger charge is 2.24. The van der Waals surface area contributed by atoms with E-state index in [1.54, 1.807) is 24.1 Å². The van der Waals surface area contributed by atoms with Gasteiger partial charge in [-0.15, -0.1) is 20.6 Å². The molecule has 1 atom stereocenters. The summed E-state index contributed by atoms with van der Waals surface area (Å²) in [5.74, 6) is -0.450. The van der Waals surface area contributed by atoms with Crippen molar-refractivity contribution in [2.24, 2.45) is 0 Å². The van der Waals surface area contributed by atoms with Gasteiger partial charge in [0.15, 0.2) is 0 Å². The molecule has 0 bridgehead atoms. The zero-order valence-corrected chi connectivity index (χ0v) is 26.2. The second-order valence-electron chi connectivity index (χ2n) is 9.56. The van der Waals surface area contributed by atoms with Crippen molar-refractivity contribution < 1.29 is 9.53 Å². The van der Waals surface area contributed by atoms with E-state index in [9.17, 15) is 15.3 Å². The molecule has 0 aliphatic heterocycles. The Kier molecular flexibility index (Phi) is 8.08. The van der Waals surface area contributed by atoms with Crippen molar-refractivity contribution in [1.82, 2.24) is 3.97 Å². The Morgan fingerprint density at radius 2 is 1.72 bits per heavy atom. The molecule has 0 aliphatic rings. The summed E-state index contributed by atoms with van der Waals surface area (Å²) in [5.41, 5.74) is 7.31. The van der Waals surface area contributed by atoms with Crippen LogP contribution in [-0.2, 0) is 4.74 Å². The number of nitrogens with zero attached hydrogens (tertiary/aromatic N) is 3. The van der Waals surface area contributed by atoms with E-state index >= 15 is 0 Å². The van der Waals surface area contributed by atoms with Gasteiger partial charge in [-0.05, 0) is 88.9 Å². The molecule has 43 heavy (non-hydrogen) atoms. The standard InChI is InChI=1S/C34H21ClN3O2PS2/c1-40-34(39)23-7-11-26(29(35)16-23)21-3-2-4-22(15-21)33-32(27-13-14-42-31(27)19-37)28-17-24(41)8-12-30(28)38(33)43-25-9-5-20(18-36)6-10-25/h2-17H,41H2,1H3. The van der Waals surface area contributed by atoms with Gasteiger partial charge in [0.25, 0.3) is 0 Å². The molecule has 0 radical (unpaired) electrons. The minimum atomic E-state index is -0.450. The summed E-state index contributed by atoms with van der Waals surface area (Å²) in [6.45, 7) is 0. The van der Waals surface area contributed by atoms with Gasteiger partial charge in [-0.1, -0.05) is 41.9 Å². The van der Waals surface area contributed by atoms with E-state index in [-0.39, 0.29) is 0 Å². The number of benzene rings is 4. The van der Waals surface area contributed by atoms with Gasteiger partial charge < -0.3 is 4.74 Å². The zero-order chi connectivity index (χ0) is 30.1. The molecular weight excluding hydrogens is 613 g/mol. The SMILES string of the molecule is COC(=O)c1ccc(-c2cccc(-c3c(-c4ccsc4C#N)c4cc(P)ccc4n3Sc3ccc(C#N)cc3)c2)c(Cl)c1. The van der Waals surface area contributed by atoms with Gasteiger partial charge in [0.05, 0.1) is 35.5 Å². The number of methoxy groups -OCH3 is 1. The Labute approximate surface area is 264 Å². The van der Waals surface area contributed by atoms with E-state index in [4.69, 9.17) is 16.3 Å². The molecule has 2 heterocycles. The van der Waals surface area contributed by atoms with Crippen LogP contribution in [0.2, 0.25) is 5.02 Å². The predicted octanol–water partition coefficient (Wildman–Crippen LogP) is 8.94. The second-order valence-corrected chi connectivity index (χ2v) is 12.6. The van der Waals surface area contributed by atoms with Crippen LogP contribution in [0.15, 0.2) is 101 Å². The monoisotopic (exact) mass is 633 g/mol. The Bertz CT molecular complexity index is 2120. The highest BCUT2D eigenvalue weighted by atomic mass is 35.5. The van der Waals surface area contributed by atoms with E-state index in [0.717, 1.165) is 54.6 Å². The highest BCUT2D eigenvalue weighted by molar-refractivity contribution is 7.98. The van der Waals surface area contributed by atoms with Crippen molar-refractivity contribution in [3.8, 4) is 45.6 Å². The number of hydrogen-bond donors (Lipinski definition) is 0. The number of rotatable bonds is 6. The maximum Gasteiger partial charge on any atom is 0.337 e. The zero-order valence-electron chi connectivity index (χ0n) is 22.7. The molecule has 4 aromatic carbocycles. The summed E-state index contributed by atoms with van der Waals surface area (Å²) >= 11 is 9.65. The van der Waals surface area contributed by atoms with Crippen LogP contribution >= 0.6 is 44.1 Å². The molecule has 0 N–H and O–H groups in total. The lowest BCUT2D eigenvalue weighted by Gasteiger charge is -2.14. The number of carbonyl (C=O) groups excluding carboxylic acids is 1. The van der Waals surface area contributed by atoms with Crippen molar-refractivity contribution >= 4 is 66.3 Å². The van der Waals surface area contributed by atoms with Crippen molar-refractivity contribution in [2.75, 3.05) is 7.11 Å². The van der Waals surface area contributed by atoms with E-state index in [2.05, 4.69) is 43.5 Å². The second kappa shape index (κ2) is 12.1. The number of fused-ring (bicyclic) bond motifs is 1. The van der Waals surface area contributed by atoms with Crippen molar-refractivity contribution in [1.29, 1.82) is 10.5 Å². The molecule has 1 unspecified atom stereocenters. The Morgan fingerprint density at radius 3 is 2.44 bits per heavy atom. The van der Waals surface area contributed by atoms with E-state index in [1.807, 2.05) is 66.0 Å². The molecule has 0 aliphatic carbocycles. The molecule has 0 fully saturated rings. The van der Waals surface area contributed by atoms with Crippen LogP contribution in [0, 0.1) is 22.7 Å². The summed E-state index contributed by atoms with van der Waals surface area (Å²) in [6, 6.07) is 33.5. The number of thiophene rings is 1. The summed E-state index contributed by atoms with van der Waals surface area (Å²) < 4.78 is 7.04. The van der Waals surface area contributed by atoms with Crippen molar-refractivity contribution in [2.45, 2.75) is 4.90 Å². The number of carbonyl (C=O) groups is 1. The molecule has 208 valence electrons. The number of hydrogen-bond acceptors (Lipinski definition) is 6. The van der Waals surface area contributed by atoms with Gasteiger partial charge in [-0.25, -0.2) is 4.79 Å². The summed E-state index contributed by atoms with van der Waals surface area (Å²) in [7, 11) is 4.11. The van der Waals surface area contributed by atoms with Crippen LogP contribution in [0.5, 0.6) is 0 Å². The van der Waals surface area contributed by atoms with Crippen molar-refractivity contribution in [3.05, 3.63) is 117 Å². The van der Waals surface area contributed by atoms with Crippen LogP contribution in [0.25, 0.3) is 44.4 Å². The lowest BCUT2D eigenvalue weighted by atomic mass is 9.96. The van der Waals surface area contributed by atoms with Gasteiger partial charge >= 0.3 is 5.97 Å². The topological polar surface area (TPSA) is 78.8 Å². The molecule has 0 saturated carbocycles. The molecular formula is C34H21ClN3O2PS2. The molecule has 5 nitrogen and oxygen atoms in total. The number of ether oxygens (including phenoxy) is 1. The first-order chi connectivity index (χ1) is 20.9. The molecule has 6 aromatic rings. The van der Waals surface area contributed by atoms with Crippen LogP contribution in [-0.4, -0.2) is 17.1 Å². The smallest absolute Gasteiger partial charge is 0.337 e. The van der Waals surface area contributed by atoms with E-state index in [0.29, 0.717) is 21.0 Å². The molecule has 6 rings (SSSR count). The molecule has 0 amide bonds. The fourth-order valence-corrected chi connectivity index (χ4v) is 7.28. The first-order valence-corrected chi connectivity index (χ1v) is 15.6. The maximum absolute atomic E-state index is 12.1. The third-order valence-electron chi connectivity index (χ3n) is 7.00. The molecule has 0 saturated heterocycles. The third-order valence-corrected chi connectivity index (χ3v) is 9.54. The first kappa shape index (κ1) is 28.7. The minimum Gasteiger partial charge on any atom is -0.465 e. The normalized spacial score (nSPS) is 10.8. The van der Waals surface area contributed by atoms with E-state index < -0.39 is 5.97 Å². The largest absolute Gasteiger partial charge is 0.465 e. The molecule has 2 aromatic heterocycles. The maximum atomic E-state index is 12.1. The van der Waals surface area contributed by atoms with Crippen LogP contribution in [0.4, 0.5) is 0 Å². The lowest BCUT2D eigenvalue weighted by Crippen LogP contribution is -2.00. The Hall–Kier alpha value is -4.36. The lowest BCUT2D eigenvalue weighted by molar-refractivity contribution is 0.0600. The fraction of sp³-hybridized carbons (Fsp3) is 0.0294. The Balaban J connectivity index is 1.61. The molecule has 0 spiro atoms. The highest BCUT2D eigenvalue weighted by Crippen LogP contribution is 2.47. The summed E-state index contributed by atoms with van der Waals surface area (Å²) in [6.07, 6.45) is 0. The Morgan fingerprint density at radius 1 is 0.930 bits per heavy atom. The summed E-state index contributed by atoms with van der Waals surface area (Å²) in [5, 5.41) is 23.8. The number of halogens is 1. The quantitative estimate of drug-likeness (QED) is 0.135. The number of esters is 1. The average molecular weight is 634 g/mol. The number of aromatic nitrogens is 1. The van der Waals surface area contributed by atoms with E-state index in [1.165, 1.54) is 18.4 Å². The van der Waals surface area contributed by atoms with Crippen LogP contribution in [0.1, 0.15) is 20.8 Å². The fourth-order valence-electron chi connectivity index (χ4n) is 5.03. The van der Waals surface area contributed by atoms with Gasteiger partial charge in [-0.2, -0.15) is 10.5 Å². The van der Waals surface area contributed by atoms with Crippen LogP contribution < -0.4 is 5.30 Å². The van der Waals surface area contributed by atoms with Gasteiger partial charge in [0.2, 0.25) is 0 Å². The van der Waals surface area contributed by atoms with Gasteiger partial charge in [0, 0.05) is 37.6 Å². The molecule has 9 heteroatoms. The number of nitriles is 2. The van der Waals surface area contributed by atoms with Gasteiger partial charge in [0.1, 0.15) is 10.9 Å². The summed E-state index contributed by atoms with van der Waals surface area (Å²) in [4.78, 5) is 13.7. The average Bonchev–Trinajstić information content (AvgIpc) is 3.62.